The van der Waals surface area contributed by atoms with Crippen molar-refractivity contribution in [3.8, 4) is 5.75 Å². The Morgan fingerprint density at radius 1 is 1.30 bits per heavy atom. The Balaban J connectivity index is 1.79. The molecular formula is C16H23N3O. The van der Waals surface area contributed by atoms with Gasteiger partial charge in [0.2, 0.25) is 0 Å². The minimum Gasteiger partial charge on any atom is -0.497 e. The molecule has 1 unspecified atom stereocenters. The molecule has 3 rings (SSSR count). The molecule has 0 amide bonds. The zero-order valence-electron chi connectivity index (χ0n) is 12.3. The van der Waals surface area contributed by atoms with E-state index in [-0.39, 0.29) is 0 Å². The van der Waals surface area contributed by atoms with E-state index in [0.29, 0.717) is 6.04 Å². The van der Waals surface area contributed by atoms with Crippen LogP contribution in [0.15, 0.2) is 24.4 Å². The molecule has 0 radical (unpaired) electrons. The number of rotatable bonds is 4. The quantitative estimate of drug-likeness (QED) is 0.895. The van der Waals surface area contributed by atoms with E-state index in [1.165, 1.54) is 16.5 Å². The summed E-state index contributed by atoms with van der Waals surface area (Å²) in [5.41, 5.74) is 2.57. The maximum Gasteiger partial charge on any atom is 0.119 e. The van der Waals surface area contributed by atoms with E-state index < -0.39 is 0 Å². The van der Waals surface area contributed by atoms with Crippen molar-refractivity contribution in [2.75, 3.05) is 33.3 Å². The van der Waals surface area contributed by atoms with Crippen molar-refractivity contribution in [1.82, 2.24) is 15.2 Å². The van der Waals surface area contributed by atoms with Gasteiger partial charge in [-0.1, -0.05) is 0 Å². The van der Waals surface area contributed by atoms with Gasteiger partial charge < -0.3 is 15.0 Å². The molecule has 1 aromatic carbocycles. The van der Waals surface area contributed by atoms with Gasteiger partial charge in [0.25, 0.3) is 0 Å². The lowest BCUT2D eigenvalue weighted by atomic mass is 10.0. The highest BCUT2D eigenvalue weighted by atomic mass is 16.5. The summed E-state index contributed by atoms with van der Waals surface area (Å²) in [5, 5.41) is 4.69. The molecule has 1 fully saturated rings. The molecule has 0 aliphatic carbocycles. The molecule has 1 saturated heterocycles. The molecule has 0 spiro atoms. The molecule has 2 aromatic rings. The third kappa shape index (κ3) is 2.67. The van der Waals surface area contributed by atoms with Crippen LogP contribution in [0.25, 0.3) is 10.9 Å². The summed E-state index contributed by atoms with van der Waals surface area (Å²) in [5.74, 6) is 0.924. The summed E-state index contributed by atoms with van der Waals surface area (Å²) in [7, 11) is 1.72. The molecule has 4 heteroatoms. The van der Waals surface area contributed by atoms with Crippen LogP contribution in [0.4, 0.5) is 0 Å². The third-order valence-corrected chi connectivity index (χ3v) is 4.26. The van der Waals surface area contributed by atoms with Crippen LogP contribution in [-0.4, -0.2) is 49.2 Å². The van der Waals surface area contributed by atoms with Crippen LogP contribution in [0.1, 0.15) is 12.5 Å². The first-order valence-corrected chi connectivity index (χ1v) is 7.36. The maximum absolute atomic E-state index is 5.34. The van der Waals surface area contributed by atoms with Crippen molar-refractivity contribution in [1.29, 1.82) is 0 Å². The van der Waals surface area contributed by atoms with E-state index in [1.54, 1.807) is 7.11 Å². The van der Waals surface area contributed by atoms with Crippen molar-refractivity contribution >= 4 is 10.9 Å². The summed E-state index contributed by atoms with van der Waals surface area (Å²) >= 11 is 0. The zero-order chi connectivity index (χ0) is 13.9. The fourth-order valence-corrected chi connectivity index (χ4v) is 3.02. The minimum atomic E-state index is 0.572. The van der Waals surface area contributed by atoms with Crippen LogP contribution in [0.3, 0.4) is 0 Å². The van der Waals surface area contributed by atoms with Crippen LogP contribution < -0.4 is 10.1 Å². The zero-order valence-corrected chi connectivity index (χ0v) is 12.3. The van der Waals surface area contributed by atoms with Crippen LogP contribution in [-0.2, 0) is 6.42 Å². The number of aromatic nitrogens is 1. The van der Waals surface area contributed by atoms with Gasteiger partial charge in [-0.3, -0.25) is 4.90 Å². The molecule has 0 saturated carbocycles. The van der Waals surface area contributed by atoms with E-state index >= 15 is 0 Å². The van der Waals surface area contributed by atoms with Crippen LogP contribution in [0, 0.1) is 0 Å². The fourth-order valence-electron chi connectivity index (χ4n) is 3.02. The van der Waals surface area contributed by atoms with E-state index in [2.05, 4.69) is 40.5 Å². The number of methoxy groups -OCH3 is 1. The van der Waals surface area contributed by atoms with Gasteiger partial charge in [-0.05, 0) is 37.1 Å². The molecule has 108 valence electrons. The number of ether oxygens (including phenoxy) is 1. The Morgan fingerprint density at radius 3 is 2.85 bits per heavy atom. The summed E-state index contributed by atoms with van der Waals surface area (Å²) in [6.07, 6.45) is 3.22. The summed E-state index contributed by atoms with van der Waals surface area (Å²) in [4.78, 5) is 5.93. The Labute approximate surface area is 120 Å². The number of fused-ring (bicyclic) bond motifs is 1. The van der Waals surface area contributed by atoms with Gasteiger partial charge in [-0.25, -0.2) is 0 Å². The lowest BCUT2D eigenvalue weighted by Gasteiger charge is -2.32. The van der Waals surface area contributed by atoms with E-state index in [0.717, 1.165) is 38.3 Å². The van der Waals surface area contributed by atoms with Crippen LogP contribution in [0.2, 0.25) is 0 Å². The van der Waals surface area contributed by atoms with Crippen molar-refractivity contribution in [2.24, 2.45) is 0 Å². The van der Waals surface area contributed by atoms with Crippen molar-refractivity contribution < 1.29 is 4.74 Å². The largest absolute Gasteiger partial charge is 0.497 e. The number of H-pyrrole nitrogens is 1. The first-order chi connectivity index (χ1) is 9.78. The monoisotopic (exact) mass is 273 g/mol. The average Bonchev–Trinajstić information content (AvgIpc) is 2.90. The maximum atomic E-state index is 5.34. The molecule has 1 atom stereocenters. The van der Waals surface area contributed by atoms with Gasteiger partial charge in [0.1, 0.15) is 5.75 Å². The second-order valence-electron chi connectivity index (χ2n) is 5.56. The highest BCUT2D eigenvalue weighted by molar-refractivity contribution is 5.84. The predicted octanol–water partition coefficient (Wildman–Crippen LogP) is 2.01. The summed E-state index contributed by atoms with van der Waals surface area (Å²) in [6.45, 7) is 6.82. The molecule has 4 nitrogen and oxygen atoms in total. The minimum absolute atomic E-state index is 0.572. The highest BCUT2D eigenvalue weighted by Gasteiger charge is 2.18. The molecule has 2 heterocycles. The molecular weight excluding hydrogens is 250 g/mol. The van der Waals surface area contributed by atoms with Gasteiger partial charge in [-0.15, -0.1) is 0 Å². The predicted molar refractivity (Wildman–Crippen MR) is 82.5 cm³/mol. The number of hydrogen-bond donors (Lipinski definition) is 2. The number of aromatic amines is 1. The Bertz CT molecular complexity index is 572. The third-order valence-electron chi connectivity index (χ3n) is 4.26. The molecule has 20 heavy (non-hydrogen) atoms. The standard InChI is InChI=1S/C16H23N3O/c1-12(19-7-5-17-6-8-19)9-13-11-18-16-4-3-14(20-2)10-15(13)16/h3-4,10-12,17-18H,5-9H2,1-2H3. The van der Waals surface area contributed by atoms with Gasteiger partial charge in [0.05, 0.1) is 7.11 Å². The normalized spacial score (nSPS) is 18.3. The molecule has 1 aliphatic rings. The fraction of sp³-hybridized carbons (Fsp3) is 0.500. The summed E-state index contributed by atoms with van der Waals surface area (Å²) < 4.78 is 5.34. The number of hydrogen-bond acceptors (Lipinski definition) is 3. The summed E-state index contributed by atoms with van der Waals surface area (Å²) in [6, 6.07) is 6.79. The van der Waals surface area contributed by atoms with Crippen LogP contribution >= 0.6 is 0 Å². The molecule has 1 aliphatic heterocycles. The molecule has 1 aromatic heterocycles. The van der Waals surface area contributed by atoms with Crippen molar-refractivity contribution in [3.63, 3.8) is 0 Å². The van der Waals surface area contributed by atoms with Gasteiger partial charge in [-0.2, -0.15) is 0 Å². The topological polar surface area (TPSA) is 40.3 Å². The second-order valence-corrected chi connectivity index (χ2v) is 5.56. The van der Waals surface area contributed by atoms with Gasteiger partial charge in [0, 0.05) is 49.3 Å². The number of nitrogens with one attached hydrogen (secondary N) is 2. The number of benzene rings is 1. The lowest BCUT2D eigenvalue weighted by molar-refractivity contribution is 0.183. The van der Waals surface area contributed by atoms with Crippen molar-refractivity contribution in [2.45, 2.75) is 19.4 Å². The first kappa shape index (κ1) is 13.5. The van der Waals surface area contributed by atoms with Gasteiger partial charge >= 0.3 is 0 Å². The van der Waals surface area contributed by atoms with E-state index in [9.17, 15) is 0 Å². The van der Waals surface area contributed by atoms with E-state index in [1.807, 2.05) is 6.07 Å². The van der Waals surface area contributed by atoms with Crippen molar-refractivity contribution in [3.05, 3.63) is 30.0 Å². The first-order valence-electron chi connectivity index (χ1n) is 7.36. The Kier molecular flexibility index (Phi) is 3.94. The average molecular weight is 273 g/mol. The highest BCUT2D eigenvalue weighted by Crippen LogP contribution is 2.25. The lowest BCUT2D eigenvalue weighted by Crippen LogP contribution is -2.48. The Hall–Kier alpha value is -1.52. The molecule has 2 N–H and O–H groups in total. The van der Waals surface area contributed by atoms with Gasteiger partial charge in [0.15, 0.2) is 0 Å². The SMILES string of the molecule is COc1ccc2[nH]cc(CC(C)N3CCNCC3)c2c1. The van der Waals surface area contributed by atoms with Crippen LogP contribution in [0.5, 0.6) is 5.75 Å². The smallest absolute Gasteiger partial charge is 0.119 e. The molecule has 0 bridgehead atoms. The van der Waals surface area contributed by atoms with E-state index in [4.69, 9.17) is 4.74 Å². The number of nitrogens with zero attached hydrogens (tertiary/aromatic N) is 1. The Morgan fingerprint density at radius 2 is 2.10 bits per heavy atom. The number of piperazine rings is 1. The second kappa shape index (κ2) is 5.85.